The third-order valence-electron chi connectivity index (χ3n) is 4.46. The van der Waals surface area contributed by atoms with Crippen LogP contribution in [0.25, 0.3) is 0 Å². The minimum Gasteiger partial charge on any atom is -0.479 e. The van der Waals surface area contributed by atoms with E-state index in [9.17, 15) is 19.5 Å². The number of rotatable bonds is 7. The Kier molecular flexibility index (Phi) is 6.14. The van der Waals surface area contributed by atoms with E-state index < -0.39 is 17.5 Å². The Morgan fingerprint density at radius 2 is 1.72 bits per heavy atom. The second-order valence-corrected chi connectivity index (χ2v) is 6.66. The number of amides is 2. The Bertz CT molecular complexity index is 633. The van der Waals surface area contributed by atoms with Crippen molar-refractivity contribution in [1.82, 2.24) is 10.6 Å². The maximum atomic E-state index is 12.0. The molecule has 1 aliphatic rings. The van der Waals surface area contributed by atoms with Gasteiger partial charge in [-0.05, 0) is 37.5 Å². The maximum absolute atomic E-state index is 12.0. The molecule has 0 aliphatic heterocycles. The molecule has 1 aromatic rings. The number of carbonyl (C=O) groups is 3. The van der Waals surface area contributed by atoms with Crippen LogP contribution in [-0.4, -0.2) is 40.1 Å². The second-order valence-electron chi connectivity index (χ2n) is 6.66. The van der Waals surface area contributed by atoms with Gasteiger partial charge in [0, 0.05) is 18.0 Å². The molecule has 1 aliphatic carbocycles. The van der Waals surface area contributed by atoms with E-state index in [2.05, 4.69) is 10.6 Å². The van der Waals surface area contributed by atoms with Gasteiger partial charge in [0.1, 0.15) is 0 Å². The van der Waals surface area contributed by atoms with Gasteiger partial charge in [0.25, 0.3) is 5.91 Å². The SMILES string of the molecule is CC(O)(CNC(=O)c1ccc(CNC(=O)C2CCCC2)cc1)C(=O)O. The highest BCUT2D eigenvalue weighted by molar-refractivity contribution is 5.94. The summed E-state index contributed by atoms with van der Waals surface area (Å²) in [5, 5.41) is 23.7. The van der Waals surface area contributed by atoms with Crippen LogP contribution in [-0.2, 0) is 16.1 Å². The summed E-state index contributed by atoms with van der Waals surface area (Å²) >= 11 is 0. The molecule has 4 N–H and O–H groups in total. The van der Waals surface area contributed by atoms with Crippen LogP contribution in [0.5, 0.6) is 0 Å². The Morgan fingerprint density at radius 3 is 2.28 bits per heavy atom. The first-order valence-corrected chi connectivity index (χ1v) is 8.40. The van der Waals surface area contributed by atoms with E-state index >= 15 is 0 Å². The smallest absolute Gasteiger partial charge is 0.337 e. The predicted octanol–water partition coefficient (Wildman–Crippen LogP) is 1.06. The molecule has 1 aromatic carbocycles. The molecule has 7 nitrogen and oxygen atoms in total. The topological polar surface area (TPSA) is 116 Å². The molecule has 0 spiro atoms. The molecule has 1 fully saturated rings. The van der Waals surface area contributed by atoms with Gasteiger partial charge in [0.2, 0.25) is 5.91 Å². The molecule has 2 rings (SSSR count). The first kappa shape index (κ1) is 18.9. The Morgan fingerprint density at radius 1 is 1.12 bits per heavy atom. The number of carboxylic acid groups (broad SMARTS) is 1. The number of hydrogen-bond acceptors (Lipinski definition) is 4. The molecule has 25 heavy (non-hydrogen) atoms. The lowest BCUT2D eigenvalue weighted by Crippen LogP contribution is -2.46. The van der Waals surface area contributed by atoms with Crippen molar-refractivity contribution < 1.29 is 24.6 Å². The largest absolute Gasteiger partial charge is 0.479 e. The first-order valence-electron chi connectivity index (χ1n) is 8.40. The monoisotopic (exact) mass is 348 g/mol. The van der Waals surface area contributed by atoms with Crippen molar-refractivity contribution in [2.75, 3.05) is 6.54 Å². The summed E-state index contributed by atoms with van der Waals surface area (Å²) in [5.41, 5.74) is -0.785. The minimum absolute atomic E-state index is 0.0789. The van der Waals surface area contributed by atoms with Crippen molar-refractivity contribution in [2.24, 2.45) is 5.92 Å². The number of hydrogen-bond donors (Lipinski definition) is 4. The molecular formula is C18H24N2O5. The van der Waals surface area contributed by atoms with E-state index in [-0.39, 0.29) is 18.4 Å². The van der Waals surface area contributed by atoms with Gasteiger partial charge in [0.15, 0.2) is 5.60 Å². The Hall–Kier alpha value is -2.41. The van der Waals surface area contributed by atoms with Gasteiger partial charge in [-0.2, -0.15) is 0 Å². The van der Waals surface area contributed by atoms with Crippen molar-refractivity contribution >= 4 is 17.8 Å². The summed E-state index contributed by atoms with van der Waals surface area (Å²) in [6.07, 6.45) is 4.11. The summed E-state index contributed by atoms with van der Waals surface area (Å²) in [7, 11) is 0. The predicted molar refractivity (Wildman–Crippen MR) is 90.8 cm³/mol. The first-order chi connectivity index (χ1) is 11.8. The fraction of sp³-hybridized carbons (Fsp3) is 0.500. The zero-order valence-corrected chi connectivity index (χ0v) is 14.2. The average molecular weight is 348 g/mol. The van der Waals surface area contributed by atoms with Crippen molar-refractivity contribution in [3.8, 4) is 0 Å². The summed E-state index contributed by atoms with van der Waals surface area (Å²) in [4.78, 5) is 34.8. The molecule has 0 aromatic heterocycles. The quantitative estimate of drug-likeness (QED) is 0.588. The van der Waals surface area contributed by atoms with E-state index in [1.165, 1.54) is 0 Å². The van der Waals surface area contributed by atoms with Crippen LogP contribution in [0, 0.1) is 5.92 Å². The van der Waals surface area contributed by atoms with Crippen LogP contribution < -0.4 is 10.6 Å². The van der Waals surface area contributed by atoms with Crippen LogP contribution in [0.15, 0.2) is 24.3 Å². The van der Waals surface area contributed by atoms with Crippen LogP contribution >= 0.6 is 0 Å². The van der Waals surface area contributed by atoms with Crippen molar-refractivity contribution in [3.05, 3.63) is 35.4 Å². The fourth-order valence-corrected chi connectivity index (χ4v) is 2.73. The molecule has 1 atom stereocenters. The van der Waals surface area contributed by atoms with E-state index in [1.807, 2.05) is 0 Å². The van der Waals surface area contributed by atoms with E-state index in [4.69, 9.17) is 5.11 Å². The van der Waals surface area contributed by atoms with Crippen LogP contribution in [0.3, 0.4) is 0 Å². The van der Waals surface area contributed by atoms with Gasteiger partial charge in [-0.25, -0.2) is 4.79 Å². The van der Waals surface area contributed by atoms with E-state index in [0.29, 0.717) is 12.1 Å². The molecule has 1 unspecified atom stereocenters. The summed E-state index contributed by atoms with van der Waals surface area (Å²) < 4.78 is 0. The molecule has 2 amide bonds. The number of benzene rings is 1. The lowest BCUT2D eigenvalue weighted by Gasteiger charge is -2.18. The van der Waals surface area contributed by atoms with Crippen LogP contribution in [0.2, 0.25) is 0 Å². The van der Waals surface area contributed by atoms with Gasteiger partial charge in [-0.3, -0.25) is 9.59 Å². The summed E-state index contributed by atoms with van der Waals surface area (Å²) in [5.74, 6) is -1.67. The molecule has 0 saturated heterocycles. The standard InChI is InChI=1S/C18H24N2O5/c1-18(25,17(23)24)11-20-16(22)14-8-6-12(7-9-14)10-19-15(21)13-4-2-3-5-13/h6-9,13,25H,2-5,10-11H2,1H3,(H,19,21)(H,20,22)(H,23,24). The molecule has 0 radical (unpaired) electrons. The molecule has 0 heterocycles. The fourth-order valence-electron chi connectivity index (χ4n) is 2.73. The van der Waals surface area contributed by atoms with Gasteiger partial charge in [0.05, 0.1) is 6.54 Å². The minimum atomic E-state index is -2.01. The number of nitrogens with one attached hydrogen (secondary N) is 2. The third-order valence-corrected chi connectivity index (χ3v) is 4.46. The Labute approximate surface area is 146 Å². The van der Waals surface area contributed by atoms with Crippen molar-refractivity contribution in [2.45, 2.75) is 44.8 Å². The van der Waals surface area contributed by atoms with Crippen molar-refractivity contribution in [3.63, 3.8) is 0 Å². The average Bonchev–Trinajstić information content (AvgIpc) is 3.12. The Balaban J connectivity index is 1.83. The number of carboxylic acids is 1. The lowest BCUT2D eigenvalue weighted by atomic mass is 10.1. The van der Waals surface area contributed by atoms with Gasteiger partial charge in [-0.15, -0.1) is 0 Å². The lowest BCUT2D eigenvalue weighted by molar-refractivity contribution is -0.155. The second kappa shape index (κ2) is 8.11. The molecular weight excluding hydrogens is 324 g/mol. The summed E-state index contributed by atoms with van der Waals surface area (Å²) in [6, 6.07) is 6.67. The normalized spacial score (nSPS) is 16.9. The maximum Gasteiger partial charge on any atom is 0.337 e. The van der Waals surface area contributed by atoms with Gasteiger partial charge >= 0.3 is 5.97 Å². The molecule has 136 valence electrons. The summed E-state index contributed by atoms with van der Waals surface area (Å²) in [6.45, 7) is 1.14. The van der Waals surface area contributed by atoms with E-state index in [1.54, 1.807) is 24.3 Å². The zero-order chi connectivity index (χ0) is 18.4. The third kappa shape index (κ3) is 5.29. The van der Waals surface area contributed by atoms with E-state index in [0.717, 1.165) is 38.2 Å². The number of aliphatic carboxylic acids is 1. The molecule has 7 heteroatoms. The number of carbonyl (C=O) groups excluding carboxylic acids is 2. The van der Waals surface area contributed by atoms with Crippen molar-refractivity contribution in [1.29, 1.82) is 0 Å². The highest BCUT2D eigenvalue weighted by atomic mass is 16.4. The van der Waals surface area contributed by atoms with Crippen LogP contribution in [0.1, 0.15) is 48.5 Å². The van der Waals surface area contributed by atoms with Crippen LogP contribution in [0.4, 0.5) is 0 Å². The highest BCUT2D eigenvalue weighted by Gasteiger charge is 2.30. The highest BCUT2D eigenvalue weighted by Crippen LogP contribution is 2.24. The number of aliphatic hydroxyl groups is 1. The zero-order valence-electron chi connectivity index (χ0n) is 14.2. The molecule has 1 saturated carbocycles. The molecule has 0 bridgehead atoms. The van der Waals surface area contributed by atoms with Gasteiger partial charge < -0.3 is 20.8 Å². The van der Waals surface area contributed by atoms with Gasteiger partial charge in [-0.1, -0.05) is 25.0 Å².